The summed E-state index contributed by atoms with van der Waals surface area (Å²) in [7, 11) is 1.67. The maximum absolute atomic E-state index is 12.5. The summed E-state index contributed by atoms with van der Waals surface area (Å²) in [6, 6.07) is 14.4. The van der Waals surface area contributed by atoms with E-state index in [1.807, 2.05) is 37.3 Å². The minimum atomic E-state index is 0.0298. The fourth-order valence-corrected chi connectivity index (χ4v) is 3.07. The number of nitrogens with zero attached hydrogens (tertiary/aromatic N) is 1. The van der Waals surface area contributed by atoms with Crippen molar-refractivity contribution in [3.63, 3.8) is 0 Å². The number of hydrogen-bond acceptors (Lipinski definition) is 3. The lowest BCUT2D eigenvalue weighted by molar-refractivity contribution is -0.117. The van der Waals surface area contributed by atoms with E-state index in [9.17, 15) is 4.79 Å². The molecule has 0 aromatic heterocycles. The van der Waals surface area contributed by atoms with Crippen LogP contribution in [-0.4, -0.2) is 30.5 Å². The number of benzene rings is 2. The molecule has 1 N–H and O–H groups in total. The summed E-state index contributed by atoms with van der Waals surface area (Å²) in [5, 5.41) is 3.01. The fourth-order valence-electron chi connectivity index (χ4n) is 2.83. The summed E-state index contributed by atoms with van der Waals surface area (Å²) in [5.41, 5.74) is 3.14. The largest absolute Gasteiger partial charge is 0.497 e. The number of aryl methyl sites for hydroxylation is 1. The molecule has 4 nitrogen and oxygen atoms in total. The van der Waals surface area contributed by atoms with Crippen molar-refractivity contribution in [3.05, 3.63) is 58.1 Å². The molecule has 1 amide bonds. The molecule has 0 radical (unpaired) electrons. The van der Waals surface area contributed by atoms with E-state index < -0.39 is 0 Å². The van der Waals surface area contributed by atoms with Crippen LogP contribution < -0.4 is 10.1 Å². The quantitative estimate of drug-likeness (QED) is 0.747. The Morgan fingerprint density at radius 1 is 1.24 bits per heavy atom. The maximum atomic E-state index is 12.5. The number of carbonyl (C=O) groups excluding carboxylic acids is 1. The van der Waals surface area contributed by atoms with Crippen molar-refractivity contribution in [2.75, 3.05) is 19.0 Å². The molecule has 0 aliphatic heterocycles. The van der Waals surface area contributed by atoms with Crippen LogP contribution >= 0.6 is 15.9 Å². The van der Waals surface area contributed by atoms with Crippen LogP contribution in [0.3, 0.4) is 0 Å². The fraction of sp³-hybridized carbons (Fsp3) is 0.350. The van der Waals surface area contributed by atoms with Crippen molar-refractivity contribution in [2.45, 2.75) is 32.4 Å². The van der Waals surface area contributed by atoms with Gasteiger partial charge in [0.2, 0.25) is 5.91 Å². The van der Waals surface area contributed by atoms with Gasteiger partial charge in [-0.15, -0.1) is 0 Å². The molecule has 0 atom stereocenters. The minimum absolute atomic E-state index is 0.0298. The molecule has 2 aromatic rings. The average molecular weight is 403 g/mol. The molecular formula is C20H23BrN2O2. The molecule has 3 rings (SSSR count). The zero-order chi connectivity index (χ0) is 17.8. The topological polar surface area (TPSA) is 41.6 Å². The molecule has 0 saturated heterocycles. The second-order valence-corrected chi connectivity index (χ2v) is 7.35. The summed E-state index contributed by atoms with van der Waals surface area (Å²) in [6.07, 6.45) is 2.33. The average Bonchev–Trinajstić information content (AvgIpc) is 3.43. The van der Waals surface area contributed by atoms with Crippen molar-refractivity contribution in [2.24, 2.45) is 0 Å². The maximum Gasteiger partial charge on any atom is 0.238 e. The van der Waals surface area contributed by atoms with Crippen molar-refractivity contribution in [1.29, 1.82) is 0 Å². The molecule has 0 spiro atoms. The zero-order valence-electron chi connectivity index (χ0n) is 14.6. The molecule has 0 heterocycles. The Hall–Kier alpha value is -1.85. The molecule has 1 saturated carbocycles. The molecule has 0 bridgehead atoms. The lowest BCUT2D eigenvalue weighted by Gasteiger charge is -2.21. The van der Waals surface area contributed by atoms with Crippen molar-refractivity contribution in [1.82, 2.24) is 4.90 Å². The van der Waals surface area contributed by atoms with Gasteiger partial charge in [0.05, 0.1) is 13.7 Å². The van der Waals surface area contributed by atoms with Crippen LogP contribution in [0, 0.1) is 6.92 Å². The Bertz CT molecular complexity index is 742. The minimum Gasteiger partial charge on any atom is -0.497 e. The number of hydrogen-bond donors (Lipinski definition) is 1. The van der Waals surface area contributed by atoms with E-state index in [1.165, 1.54) is 18.4 Å². The number of halogens is 1. The number of rotatable bonds is 7. The smallest absolute Gasteiger partial charge is 0.238 e. The van der Waals surface area contributed by atoms with Crippen LogP contribution in [0.1, 0.15) is 24.0 Å². The molecule has 132 valence electrons. The van der Waals surface area contributed by atoms with Crippen LogP contribution in [0.15, 0.2) is 46.9 Å². The summed E-state index contributed by atoms with van der Waals surface area (Å²) >= 11 is 3.48. The van der Waals surface area contributed by atoms with Gasteiger partial charge >= 0.3 is 0 Å². The highest BCUT2D eigenvalue weighted by Gasteiger charge is 2.30. The number of ether oxygens (including phenoxy) is 1. The van der Waals surface area contributed by atoms with Crippen molar-refractivity contribution >= 4 is 27.5 Å². The molecule has 2 aromatic carbocycles. The van der Waals surface area contributed by atoms with Crippen molar-refractivity contribution < 1.29 is 9.53 Å². The zero-order valence-corrected chi connectivity index (χ0v) is 16.2. The van der Waals surface area contributed by atoms with E-state index in [0.717, 1.165) is 28.0 Å². The Morgan fingerprint density at radius 3 is 2.56 bits per heavy atom. The first-order valence-electron chi connectivity index (χ1n) is 8.48. The van der Waals surface area contributed by atoms with Crippen LogP contribution in [-0.2, 0) is 11.3 Å². The number of anilines is 1. The second-order valence-electron chi connectivity index (χ2n) is 6.50. The van der Waals surface area contributed by atoms with Crippen molar-refractivity contribution in [3.8, 4) is 5.75 Å². The van der Waals surface area contributed by atoms with E-state index in [4.69, 9.17) is 4.74 Å². The molecule has 0 unspecified atom stereocenters. The Kier molecular flexibility index (Phi) is 5.76. The van der Waals surface area contributed by atoms with E-state index in [2.05, 4.69) is 38.3 Å². The van der Waals surface area contributed by atoms with Gasteiger partial charge in [0.15, 0.2) is 0 Å². The lowest BCUT2D eigenvalue weighted by Crippen LogP contribution is -2.34. The molecule has 1 aliphatic carbocycles. The van der Waals surface area contributed by atoms with Gasteiger partial charge in [-0.05, 0) is 61.2 Å². The number of nitrogens with one attached hydrogen (secondary N) is 1. The van der Waals surface area contributed by atoms with Crippen LogP contribution in [0.5, 0.6) is 5.75 Å². The standard InChI is InChI=1S/C20H23BrN2O2/c1-14-11-16(5-10-19(14)21)22-20(24)13-23(17-6-7-17)12-15-3-8-18(25-2)9-4-15/h3-5,8-11,17H,6-7,12-13H2,1-2H3,(H,22,24). The van der Waals surface area contributed by atoms with Crippen LogP contribution in [0.25, 0.3) is 0 Å². The Labute approximate surface area is 157 Å². The van der Waals surface area contributed by atoms with Crippen LogP contribution in [0.2, 0.25) is 0 Å². The number of carbonyl (C=O) groups is 1. The van der Waals surface area contributed by atoms with E-state index in [-0.39, 0.29) is 5.91 Å². The molecular weight excluding hydrogens is 380 g/mol. The first kappa shape index (κ1) is 18.0. The third kappa shape index (κ3) is 5.06. The van der Waals surface area contributed by atoms with Gasteiger partial charge in [-0.2, -0.15) is 0 Å². The highest BCUT2D eigenvalue weighted by atomic mass is 79.9. The third-order valence-electron chi connectivity index (χ3n) is 4.40. The predicted molar refractivity (Wildman–Crippen MR) is 104 cm³/mol. The Balaban J connectivity index is 1.60. The van der Waals surface area contributed by atoms with Gasteiger partial charge in [0.25, 0.3) is 0 Å². The van der Waals surface area contributed by atoms with Crippen LogP contribution in [0.4, 0.5) is 5.69 Å². The highest BCUT2D eigenvalue weighted by Crippen LogP contribution is 2.28. The van der Waals surface area contributed by atoms with E-state index in [1.54, 1.807) is 7.11 Å². The lowest BCUT2D eigenvalue weighted by atomic mass is 10.2. The van der Waals surface area contributed by atoms with Gasteiger partial charge in [-0.3, -0.25) is 9.69 Å². The normalized spacial score (nSPS) is 13.8. The summed E-state index contributed by atoms with van der Waals surface area (Å²) in [5.74, 6) is 0.882. The van der Waals surface area contributed by atoms with E-state index in [0.29, 0.717) is 12.6 Å². The predicted octanol–water partition coefficient (Wildman–Crippen LogP) is 4.37. The molecule has 25 heavy (non-hydrogen) atoms. The van der Waals surface area contributed by atoms with Gasteiger partial charge in [-0.1, -0.05) is 28.1 Å². The summed E-state index contributed by atoms with van der Waals surface area (Å²) in [6.45, 7) is 3.20. The van der Waals surface area contributed by atoms with E-state index >= 15 is 0 Å². The summed E-state index contributed by atoms with van der Waals surface area (Å²) < 4.78 is 6.25. The monoisotopic (exact) mass is 402 g/mol. The third-order valence-corrected chi connectivity index (χ3v) is 5.29. The number of amides is 1. The highest BCUT2D eigenvalue weighted by molar-refractivity contribution is 9.10. The second kappa shape index (κ2) is 8.02. The Morgan fingerprint density at radius 2 is 1.96 bits per heavy atom. The van der Waals surface area contributed by atoms with Gasteiger partial charge in [0, 0.05) is 22.7 Å². The molecule has 1 aliphatic rings. The van der Waals surface area contributed by atoms with Gasteiger partial charge < -0.3 is 10.1 Å². The summed E-state index contributed by atoms with van der Waals surface area (Å²) in [4.78, 5) is 14.7. The first-order chi connectivity index (χ1) is 12.0. The number of methoxy groups -OCH3 is 1. The first-order valence-corrected chi connectivity index (χ1v) is 9.27. The van der Waals surface area contributed by atoms with Gasteiger partial charge in [0.1, 0.15) is 5.75 Å². The molecule has 5 heteroatoms. The van der Waals surface area contributed by atoms with Gasteiger partial charge in [-0.25, -0.2) is 0 Å². The molecule has 1 fully saturated rings. The SMILES string of the molecule is COc1ccc(CN(CC(=O)Nc2ccc(Br)c(C)c2)C2CC2)cc1.